The minimum absolute atomic E-state index is 0.335. The van der Waals surface area contributed by atoms with Crippen molar-refractivity contribution in [1.29, 1.82) is 0 Å². The normalized spacial score (nSPS) is 25.3. The largest absolute Gasteiger partial charge is 0.497 e. The third-order valence-electron chi connectivity index (χ3n) is 4.67. The number of hydrogen-bond donors (Lipinski definition) is 1. The molecule has 116 valence electrons. The fraction of sp³-hybridized carbons (Fsp3) is 0.625. The molecule has 1 aliphatic heterocycles. The fourth-order valence-corrected chi connectivity index (χ4v) is 4.88. The molecule has 5 heteroatoms. The highest BCUT2D eigenvalue weighted by Crippen LogP contribution is 2.26. The summed E-state index contributed by atoms with van der Waals surface area (Å²) in [5, 5.41) is 3.67. The van der Waals surface area contributed by atoms with Crippen molar-refractivity contribution in [3.63, 3.8) is 0 Å². The highest BCUT2D eigenvalue weighted by atomic mass is 32.2. The molecule has 0 amide bonds. The third-order valence-corrected chi connectivity index (χ3v) is 6.38. The number of benzene rings is 1. The lowest BCUT2D eigenvalue weighted by molar-refractivity contribution is 0.370. The zero-order valence-corrected chi connectivity index (χ0v) is 13.3. The summed E-state index contributed by atoms with van der Waals surface area (Å²) in [6.07, 6.45) is 4.73. The summed E-state index contributed by atoms with van der Waals surface area (Å²) in [5.74, 6) is 1.59. The van der Waals surface area contributed by atoms with Crippen LogP contribution in [-0.4, -0.2) is 39.1 Å². The van der Waals surface area contributed by atoms with Crippen LogP contribution in [0, 0.1) is 0 Å². The zero-order chi connectivity index (χ0) is 14.9. The molecule has 21 heavy (non-hydrogen) atoms. The maximum atomic E-state index is 11.5. The Morgan fingerprint density at radius 2 is 1.86 bits per heavy atom. The molecule has 0 bridgehead atoms. The van der Waals surface area contributed by atoms with Crippen molar-refractivity contribution in [3.05, 3.63) is 29.3 Å². The predicted octanol–water partition coefficient (Wildman–Crippen LogP) is 1.72. The number of rotatable bonds is 3. The van der Waals surface area contributed by atoms with Crippen molar-refractivity contribution in [2.45, 2.75) is 44.2 Å². The van der Waals surface area contributed by atoms with E-state index >= 15 is 0 Å². The maximum Gasteiger partial charge on any atom is 0.150 e. The highest BCUT2D eigenvalue weighted by molar-refractivity contribution is 7.91. The molecule has 1 atom stereocenters. The lowest BCUT2D eigenvalue weighted by atomic mass is 9.87. The second-order valence-electron chi connectivity index (χ2n) is 6.17. The Labute approximate surface area is 126 Å². The van der Waals surface area contributed by atoms with Crippen molar-refractivity contribution < 1.29 is 13.2 Å². The van der Waals surface area contributed by atoms with E-state index in [1.54, 1.807) is 7.11 Å². The Morgan fingerprint density at radius 3 is 2.57 bits per heavy atom. The van der Waals surface area contributed by atoms with E-state index in [-0.39, 0.29) is 0 Å². The first kappa shape index (κ1) is 14.9. The number of fused-ring (bicyclic) bond motifs is 1. The van der Waals surface area contributed by atoms with E-state index in [0.717, 1.165) is 37.9 Å². The molecule has 1 heterocycles. The van der Waals surface area contributed by atoms with Crippen LogP contribution < -0.4 is 10.1 Å². The van der Waals surface area contributed by atoms with Crippen LogP contribution in [0.15, 0.2) is 18.2 Å². The van der Waals surface area contributed by atoms with Crippen LogP contribution in [0.4, 0.5) is 0 Å². The fourth-order valence-electron chi connectivity index (χ4n) is 3.39. The number of hydrogen-bond acceptors (Lipinski definition) is 4. The lowest BCUT2D eigenvalue weighted by Crippen LogP contribution is -2.45. The second-order valence-corrected chi connectivity index (χ2v) is 8.47. The molecule has 1 aromatic carbocycles. The van der Waals surface area contributed by atoms with Gasteiger partial charge in [0.1, 0.15) is 15.6 Å². The molecule has 1 unspecified atom stereocenters. The molecule has 4 nitrogen and oxygen atoms in total. The summed E-state index contributed by atoms with van der Waals surface area (Å²) in [6.45, 7) is 0. The molecule has 0 radical (unpaired) electrons. The van der Waals surface area contributed by atoms with E-state index in [1.807, 2.05) is 6.07 Å². The van der Waals surface area contributed by atoms with Crippen LogP contribution in [-0.2, 0) is 22.7 Å². The van der Waals surface area contributed by atoms with Crippen LogP contribution in [0.3, 0.4) is 0 Å². The molecule has 0 spiro atoms. The Bertz CT molecular complexity index is 598. The Hall–Kier alpha value is -1.07. The van der Waals surface area contributed by atoms with Crippen LogP contribution in [0.1, 0.15) is 30.4 Å². The average molecular weight is 309 g/mol. The van der Waals surface area contributed by atoms with Gasteiger partial charge >= 0.3 is 0 Å². The summed E-state index contributed by atoms with van der Waals surface area (Å²) in [7, 11) is -1.07. The van der Waals surface area contributed by atoms with Gasteiger partial charge in [0, 0.05) is 12.1 Å². The number of ether oxygens (including phenoxy) is 1. The molecule has 1 N–H and O–H groups in total. The number of sulfone groups is 1. The molecule has 3 rings (SSSR count). The molecule has 2 aliphatic rings. The van der Waals surface area contributed by atoms with Gasteiger partial charge in [-0.05, 0) is 55.4 Å². The number of nitrogens with one attached hydrogen (secondary N) is 1. The summed E-state index contributed by atoms with van der Waals surface area (Å²) < 4.78 is 28.3. The van der Waals surface area contributed by atoms with Crippen molar-refractivity contribution >= 4 is 9.84 Å². The quantitative estimate of drug-likeness (QED) is 0.924. The van der Waals surface area contributed by atoms with Crippen molar-refractivity contribution in [2.24, 2.45) is 0 Å². The first-order chi connectivity index (χ1) is 10.1. The van der Waals surface area contributed by atoms with Gasteiger partial charge in [-0.2, -0.15) is 0 Å². The Kier molecular flexibility index (Phi) is 4.22. The zero-order valence-electron chi connectivity index (χ0n) is 12.5. The van der Waals surface area contributed by atoms with Crippen LogP contribution in [0.2, 0.25) is 0 Å². The minimum atomic E-state index is -2.77. The van der Waals surface area contributed by atoms with Crippen LogP contribution in [0.25, 0.3) is 0 Å². The van der Waals surface area contributed by atoms with Gasteiger partial charge in [-0.25, -0.2) is 8.42 Å². The predicted molar refractivity (Wildman–Crippen MR) is 83.6 cm³/mol. The van der Waals surface area contributed by atoms with Gasteiger partial charge in [-0.3, -0.25) is 0 Å². The Balaban J connectivity index is 1.61. The van der Waals surface area contributed by atoms with Crippen LogP contribution >= 0.6 is 0 Å². The van der Waals surface area contributed by atoms with E-state index < -0.39 is 9.84 Å². The topological polar surface area (TPSA) is 55.4 Å². The van der Waals surface area contributed by atoms with Gasteiger partial charge in [0.15, 0.2) is 0 Å². The SMILES string of the molecule is COc1ccc2c(c1)CC(NC1CCS(=O)(=O)CC1)CC2. The van der Waals surface area contributed by atoms with Gasteiger partial charge in [-0.1, -0.05) is 6.07 Å². The third kappa shape index (κ3) is 3.58. The van der Waals surface area contributed by atoms with E-state index in [0.29, 0.717) is 23.6 Å². The monoisotopic (exact) mass is 309 g/mol. The van der Waals surface area contributed by atoms with Crippen LogP contribution in [0.5, 0.6) is 5.75 Å². The van der Waals surface area contributed by atoms with E-state index in [9.17, 15) is 8.42 Å². The van der Waals surface area contributed by atoms with Gasteiger partial charge in [0.05, 0.1) is 18.6 Å². The van der Waals surface area contributed by atoms with Gasteiger partial charge in [0.2, 0.25) is 0 Å². The molecular weight excluding hydrogens is 286 g/mol. The summed E-state index contributed by atoms with van der Waals surface area (Å²) >= 11 is 0. The number of aryl methyl sites for hydroxylation is 1. The summed E-state index contributed by atoms with van der Waals surface area (Å²) in [6, 6.07) is 7.13. The summed E-state index contributed by atoms with van der Waals surface area (Å²) in [4.78, 5) is 0. The van der Waals surface area contributed by atoms with E-state index in [1.165, 1.54) is 11.1 Å². The lowest BCUT2D eigenvalue weighted by Gasteiger charge is -2.31. The molecule has 0 saturated carbocycles. The summed E-state index contributed by atoms with van der Waals surface area (Å²) in [5.41, 5.74) is 2.78. The first-order valence-electron chi connectivity index (χ1n) is 7.68. The highest BCUT2D eigenvalue weighted by Gasteiger charge is 2.27. The first-order valence-corrected chi connectivity index (χ1v) is 9.50. The van der Waals surface area contributed by atoms with Crippen molar-refractivity contribution in [3.8, 4) is 5.75 Å². The van der Waals surface area contributed by atoms with E-state index in [4.69, 9.17) is 4.74 Å². The van der Waals surface area contributed by atoms with Crippen molar-refractivity contribution in [2.75, 3.05) is 18.6 Å². The molecular formula is C16H23NO3S. The maximum absolute atomic E-state index is 11.5. The van der Waals surface area contributed by atoms with E-state index in [2.05, 4.69) is 17.4 Å². The van der Waals surface area contributed by atoms with Gasteiger partial charge in [-0.15, -0.1) is 0 Å². The molecule has 1 aliphatic carbocycles. The van der Waals surface area contributed by atoms with Gasteiger partial charge in [0.25, 0.3) is 0 Å². The molecule has 1 fully saturated rings. The number of methoxy groups -OCH3 is 1. The Morgan fingerprint density at radius 1 is 1.10 bits per heavy atom. The molecule has 1 saturated heterocycles. The standard InChI is InChI=1S/C16H23NO3S/c1-20-16-5-3-12-2-4-15(10-13(12)11-16)17-14-6-8-21(18,19)9-7-14/h3,5,11,14-15,17H,2,4,6-10H2,1H3. The molecule has 1 aromatic rings. The van der Waals surface area contributed by atoms with Crippen molar-refractivity contribution in [1.82, 2.24) is 5.32 Å². The minimum Gasteiger partial charge on any atom is -0.497 e. The van der Waals surface area contributed by atoms with Gasteiger partial charge < -0.3 is 10.1 Å². The average Bonchev–Trinajstić information content (AvgIpc) is 2.48. The second kappa shape index (κ2) is 5.97. The molecule has 0 aromatic heterocycles. The smallest absolute Gasteiger partial charge is 0.150 e.